The van der Waals surface area contributed by atoms with E-state index in [4.69, 9.17) is 10.00 Å². The molecular weight excluding hydrogens is 202 g/mol. The molecule has 0 radical (unpaired) electrons. The van der Waals surface area contributed by atoms with Gasteiger partial charge in [-0.05, 0) is 13.1 Å². The molecule has 0 amide bonds. The number of ether oxygens (including phenoxy) is 1. The fraction of sp³-hybridized carbons (Fsp3) is 0.917. The van der Waals surface area contributed by atoms with E-state index in [0.717, 1.165) is 45.9 Å². The molecule has 0 N–H and O–H groups in total. The normalized spacial score (nSPS) is 11.0. The van der Waals surface area contributed by atoms with E-state index in [1.165, 1.54) is 0 Å². The Morgan fingerprint density at radius 1 is 1.00 bits per heavy atom. The summed E-state index contributed by atoms with van der Waals surface area (Å²) in [5, 5.41) is 8.59. The van der Waals surface area contributed by atoms with Crippen molar-refractivity contribution in [2.75, 3.05) is 53.0 Å². The van der Waals surface area contributed by atoms with Crippen molar-refractivity contribution in [1.29, 1.82) is 5.26 Å². The van der Waals surface area contributed by atoms with Crippen LogP contribution in [0.15, 0.2) is 0 Å². The number of likely N-dealkylation sites (N-methyl/N-ethyl adjacent to an activating group) is 1. The largest absolute Gasteiger partial charge is 0.383 e. The average molecular weight is 227 g/mol. The van der Waals surface area contributed by atoms with Crippen LogP contribution in [-0.4, -0.2) is 62.8 Å². The lowest BCUT2D eigenvalue weighted by Gasteiger charge is -2.25. The van der Waals surface area contributed by atoms with Gasteiger partial charge in [-0.2, -0.15) is 5.26 Å². The Morgan fingerprint density at radius 3 is 2.12 bits per heavy atom. The SMILES string of the molecule is CCN(CC)CCN(CCC#N)CCOC. The molecule has 94 valence electrons. The molecule has 0 spiro atoms. The average Bonchev–Trinajstić information content (AvgIpc) is 2.32. The third kappa shape index (κ3) is 7.63. The Labute approximate surface area is 99.8 Å². The first-order chi connectivity index (χ1) is 7.78. The Kier molecular flexibility index (Phi) is 10.4. The van der Waals surface area contributed by atoms with Gasteiger partial charge in [0, 0.05) is 39.7 Å². The topological polar surface area (TPSA) is 39.5 Å². The molecule has 0 heterocycles. The minimum atomic E-state index is 0.599. The van der Waals surface area contributed by atoms with Crippen molar-refractivity contribution in [3.05, 3.63) is 0 Å². The molecule has 0 atom stereocenters. The maximum atomic E-state index is 8.59. The van der Waals surface area contributed by atoms with Gasteiger partial charge in [-0.25, -0.2) is 0 Å². The second kappa shape index (κ2) is 10.9. The molecule has 0 aliphatic carbocycles. The zero-order valence-electron chi connectivity index (χ0n) is 10.9. The van der Waals surface area contributed by atoms with Crippen LogP contribution in [-0.2, 0) is 4.74 Å². The van der Waals surface area contributed by atoms with Gasteiger partial charge in [0.05, 0.1) is 12.7 Å². The van der Waals surface area contributed by atoms with Gasteiger partial charge in [-0.15, -0.1) is 0 Å². The summed E-state index contributed by atoms with van der Waals surface area (Å²) in [6.45, 7) is 11.1. The Balaban J connectivity index is 3.84. The highest BCUT2D eigenvalue weighted by atomic mass is 16.5. The summed E-state index contributed by atoms with van der Waals surface area (Å²) in [5.41, 5.74) is 0. The highest BCUT2D eigenvalue weighted by Crippen LogP contribution is 1.94. The van der Waals surface area contributed by atoms with Crippen molar-refractivity contribution in [2.24, 2.45) is 0 Å². The molecule has 0 saturated heterocycles. The third-order valence-corrected chi connectivity index (χ3v) is 2.78. The lowest BCUT2D eigenvalue weighted by atomic mass is 10.3. The van der Waals surface area contributed by atoms with Crippen LogP contribution in [0.25, 0.3) is 0 Å². The minimum Gasteiger partial charge on any atom is -0.383 e. The molecule has 4 heteroatoms. The molecule has 0 fully saturated rings. The molecule has 4 nitrogen and oxygen atoms in total. The van der Waals surface area contributed by atoms with Crippen molar-refractivity contribution in [3.63, 3.8) is 0 Å². The quantitative estimate of drug-likeness (QED) is 0.562. The van der Waals surface area contributed by atoms with E-state index in [1.807, 2.05) is 0 Å². The minimum absolute atomic E-state index is 0.599. The predicted molar refractivity (Wildman–Crippen MR) is 66.3 cm³/mol. The molecule has 0 aliphatic heterocycles. The van der Waals surface area contributed by atoms with Crippen molar-refractivity contribution in [1.82, 2.24) is 9.80 Å². The molecule has 0 aromatic rings. The van der Waals surface area contributed by atoms with Gasteiger partial charge in [0.2, 0.25) is 0 Å². The summed E-state index contributed by atoms with van der Waals surface area (Å²) < 4.78 is 5.07. The Bertz CT molecular complexity index is 187. The first-order valence-electron chi connectivity index (χ1n) is 6.09. The second-order valence-electron chi connectivity index (χ2n) is 3.77. The molecule has 0 aliphatic rings. The van der Waals surface area contributed by atoms with Crippen LogP contribution in [0.1, 0.15) is 20.3 Å². The van der Waals surface area contributed by atoms with E-state index in [0.29, 0.717) is 6.42 Å². The summed E-state index contributed by atoms with van der Waals surface area (Å²) in [6, 6.07) is 2.19. The van der Waals surface area contributed by atoms with E-state index in [-0.39, 0.29) is 0 Å². The van der Waals surface area contributed by atoms with Gasteiger partial charge >= 0.3 is 0 Å². The van der Waals surface area contributed by atoms with E-state index in [1.54, 1.807) is 7.11 Å². The molecule has 16 heavy (non-hydrogen) atoms. The zero-order chi connectivity index (χ0) is 12.2. The molecular formula is C12H25N3O. The van der Waals surface area contributed by atoms with Crippen LogP contribution >= 0.6 is 0 Å². The standard InChI is InChI=1S/C12H25N3O/c1-4-14(5-2)9-10-15(8-6-7-13)11-12-16-3/h4-6,8-12H2,1-3H3. The summed E-state index contributed by atoms with van der Waals surface area (Å²) in [6.07, 6.45) is 0.599. The second-order valence-corrected chi connectivity index (χ2v) is 3.77. The molecule has 0 rings (SSSR count). The maximum Gasteiger partial charge on any atom is 0.0635 e. The summed E-state index contributed by atoms with van der Waals surface area (Å²) in [7, 11) is 1.72. The van der Waals surface area contributed by atoms with E-state index in [9.17, 15) is 0 Å². The van der Waals surface area contributed by atoms with Gasteiger partial charge in [0.25, 0.3) is 0 Å². The Morgan fingerprint density at radius 2 is 1.62 bits per heavy atom. The Hall–Kier alpha value is -0.630. The number of hydrogen-bond acceptors (Lipinski definition) is 4. The van der Waals surface area contributed by atoms with Crippen LogP contribution in [0.2, 0.25) is 0 Å². The lowest BCUT2D eigenvalue weighted by Crippen LogP contribution is -2.37. The van der Waals surface area contributed by atoms with Gasteiger partial charge < -0.3 is 9.64 Å². The lowest BCUT2D eigenvalue weighted by molar-refractivity contribution is 0.139. The smallest absolute Gasteiger partial charge is 0.0635 e. The fourth-order valence-electron chi connectivity index (χ4n) is 1.59. The van der Waals surface area contributed by atoms with Crippen LogP contribution in [0.4, 0.5) is 0 Å². The van der Waals surface area contributed by atoms with E-state index < -0.39 is 0 Å². The fourth-order valence-corrected chi connectivity index (χ4v) is 1.59. The maximum absolute atomic E-state index is 8.59. The summed E-state index contributed by atoms with van der Waals surface area (Å²) in [4.78, 5) is 4.69. The third-order valence-electron chi connectivity index (χ3n) is 2.78. The highest BCUT2D eigenvalue weighted by molar-refractivity contribution is 4.73. The highest BCUT2D eigenvalue weighted by Gasteiger charge is 2.06. The van der Waals surface area contributed by atoms with Gasteiger partial charge in [0.15, 0.2) is 0 Å². The summed E-state index contributed by atoms with van der Waals surface area (Å²) >= 11 is 0. The van der Waals surface area contributed by atoms with Crippen molar-refractivity contribution in [3.8, 4) is 6.07 Å². The van der Waals surface area contributed by atoms with Crippen LogP contribution in [0.3, 0.4) is 0 Å². The first kappa shape index (κ1) is 15.4. The van der Waals surface area contributed by atoms with Crippen molar-refractivity contribution in [2.45, 2.75) is 20.3 Å². The van der Waals surface area contributed by atoms with Crippen LogP contribution in [0.5, 0.6) is 0 Å². The van der Waals surface area contributed by atoms with Crippen LogP contribution < -0.4 is 0 Å². The van der Waals surface area contributed by atoms with Gasteiger partial charge in [0.1, 0.15) is 0 Å². The van der Waals surface area contributed by atoms with E-state index in [2.05, 4.69) is 29.7 Å². The molecule has 0 aromatic heterocycles. The number of nitriles is 1. The molecule has 0 bridgehead atoms. The number of rotatable bonds is 10. The van der Waals surface area contributed by atoms with Gasteiger partial charge in [-0.3, -0.25) is 4.90 Å². The number of nitrogens with zero attached hydrogens (tertiary/aromatic N) is 3. The zero-order valence-corrected chi connectivity index (χ0v) is 10.9. The van der Waals surface area contributed by atoms with Crippen LogP contribution in [0, 0.1) is 11.3 Å². The number of methoxy groups -OCH3 is 1. The van der Waals surface area contributed by atoms with E-state index >= 15 is 0 Å². The monoisotopic (exact) mass is 227 g/mol. The number of hydrogen-bond donors (Lipinski definition) is 0. The van der Waals surface area contributed by atoms with Crippen molar-refractivity contribution < 1.29 is 4.74 Å². The molecule has 0 saturated carbocycles. The summed E-state index contributed by atoms with van der Waals surface area (Å²) in [5.74, 6) is 0. The van der Waals surface area contributed by atoms with Crippen molar-refractivity contribution >= 4 is 0 Å². The van der Waals surface area contributed by atoms with Gasteiger partial charge in [-0.1, -0.05) is 13.8 Å². The predicted octanol–water partition coefficient (Wildman–Crippen LogP) is 1.19. The molecule has 0 unspecified atom stereocenters. The molecule has 0 aromatic carbocycles. The first-order valence-corrected chi connectivity index (χ1v) is 6.09.